The molecular formula is C33H30N2O3. The Morgan fingerprint density at radius 3 is 2.63 bits per heavy atom. The van der Waals surface area contributed by atoms with Crippen molar-refractivity contribution >= 4 is 16.9 Å². The Bertz CT molecular complexity index is 1570. The molecule has 0 bridgehead atoms. The SMILES string of the molecule is NCc1cccc(-c2cc(COc3ccccc3CNC(=O)[C@@H]3C[C@H]3c3ccccc3)cc3ccoc23)c1. The van der Waals surface area contributed by atoms with Crippen LogP contribution in [-0.2, 0) is 24.5 Å². The van der Waals surface area contributed by atoms with E-state index in [1.807, 2.05) is 60.7 Å². The fourth-order valence-electron chi connectivity index (χ4n) is 5.13. The third kappa shape index (κ3) is 5.06. The van der Waals surface area contributed by atoms with Crippen LogP contribution in [0, 0.1) is 5.92 Å². The molecule has 5 aromatic rings. The van der Waals surface area contributed by atoms with Gasteiger partial charge in [0, 0.05) is 35.5 Å². The highest BCUT2D eigenvalue weighted by Gasteiger charge is 2.43. The maximum atomic E-state index is 12.8. The number of ether oxygens (including phenoxy) is 1. The van der Waals surface area contributed by atoms with E-state index in [2.05, 4.69) is 41.7 Å². The molecule has 1 aliphatic rings. The van der Waals surface area contributed by atoms with Gasteiger partial charge in [-0.05, 0) is 64.9 Å². The molecule has 0 aliphatic heterocycles. The van der Waals surface area contributed by atoms with Crippen LogP contribution in [0.15, 0.2) is 108 Å². The molecule has 4 aromatic carbocycles. The van der Waals surface area contributed by atoms with Crippen LogP contribution in [-0.4, -0.2) is 5.91 Å². The van der Waals surface area contributed by atoms with Crippen molar-refractivity contribution in [1.82, 2.24) is 5.32 Å². The number of hydrogen-bond donors (Lipinski definition) is 2. The van der Waals surface area contributed by atoms with Crippen molar-refractivity contribution in [2.45, 2.75) is 32.0 Å². The third-order valence-electron chi connectivity index (χ3n) is 7.26. The molecule has 1 amide bonds. The highest BCUT2D eigenvalue weighted by Crippen LogP contribution is 2.47. The first-order chi connectivity index (χ1) is 18.7. The van der Waals surface area contributed by atoms with Gasteiger partial charge in [-0.1, -0.05) is 66.7 Å². The van der Waals surface area contributed by atoms with E-state index in [4.69, 9.17) is 14.9 Å². The van der Waals surface area contributed by atoms with Gasteiger partial charge in [-0.25, -0.2) is 0 Å². The molecule has 0 radical (unpaired) electrons. The first-order valence-corrected chi connectivity index (χ1v) is 13.0. The van der Waals surface area contributed by atoms with Crippen LogP contribution >= 0.6 is 0 Å². The summed E-state index contributed by atoms with van der Waals surface area (Å²) in [7, 11) is 0. The third-order valence-corrected chi connectivity index (χ3v) is 7.26. The second-order valence-corrected chi connectivity index (χ2v) is 9.86. The Balaban J connectivity index is 1.15. The highest BCUT2D eigenvalue weighted by atomic mass is 16.5. The van der Waals surface area contributed by atoms with Crippen molar-refractivity contribution < 1.29 is 13.9 Å². The van der Waals surface area contributed by atoms with Gasteiger partial charge in [0.1, 0.15) is 17.9 Å². The predicted molar refractivity (Wildman–Crippen MR) is 149 cm³/mol. The Hall–Kier alpha value is -4.35. The molecular weight excluding hydrogens is 472 g/mol. The van der Waals surface area contributed by atoms with Crippen LogP contribution in [0.3, 0.4) is 0 Å². The van der Waals surface area contributed by atoms with Gasteiger partial charge in [-0.15, -0.1) is 0 Å². The van der Waals surface area contributed by atoms with Crippen molar-refractivity contribution in [1.29, 1.82) is 0 Å². The standard InChI is InChI=1S/C33H30N2O3/c34-19-22-7-6-11-25(15-22)29-17-23(16-26-13-14-37-32(26)29)21-38-31-12-5-4-10-27(31)20-35-33(36)30-18-28(30)24-8-2-1-3-9-24/h1-17,28,30H,18-21,34H2,(H,35,36)/t28-,30+/m0/s1. The fraction of sp³-hybridized carbons (Fsp3) is 0.182. The highest BCUT2D eigenvalue weighted by molar-refractivity contribution is 5.93. The molecule has 190 valence electrons. The van der Waals surface area contributed by atoms with Crippen LogP contribution in [0.1, 0.15) is 34.6 Å². The van der Waals surface area contributed by atoms with Gasteiger partial charge in [0.2, 0.25) is 5.91 Å². The fourth-order valence-corrected chi connectivity index (χ4v) is 5.13. The Morgan fingerprint density at radius 1 is 0.921 bits per heavy atom. The Kier molecular flexibility index (Phi) is 6.67. The zero-order valence-electron chi connectivity index (χ0n) is 21.1. The molecule has 2 atom stereocenters. The van der Waals surface area contributed by atoms with Gasteiger partial charge in [0.05, 0.1) is 6.26 Å². The number of benzene rings is 4. The molecule has 1 saturated carbocycles. The number of nitrogens with two attached hydrogens (primary N) is 1. The molecule has 38 heavy (non-hydrogen) atoms. The Morgan fingerprint density at radius 2 is 1.76 bits per heavy atom. The monoisotopic (exact) mass is 502 g/mol. The summed E-state index contributed by atoms with van der Waals surface area (Å²) in [6.07, 6.45) is 2.62. The van der Waals surface area contributed by atoms with Crippen molar-refractivity contribution in [3.63, 3.8) is 0 Å². The zero-order chi connectivity index (χ0) is 25.9. The molecule has 5 heteroatoms. The van der Waals surface area contributed by atoms with Crippen LogP contribution < -0.4 is 15.8 Å². The summed E-state index contributed by atoms with van der Waals surface area (Å²) in [5.74, 6) is 1.23. The average Bonchev–Trinajstić information content (AvgIpc) is 3.64. The van der Waals surface area contributed by atoms with E-state index in [1.165, 1.54) is 5.56 Å². The number of fused-ring (bicyclic) bond motifs is 1. The van der Waals surface area contributed by atoms with Crippen molar-refractivity contribution in [2.24, 2.45) is 11.7 Å². The number of carbonyl (C=O) groups excluding carboxylic acids is 1. The summed E-state index contributed by atoms with van der Waals surface area (Å²) in [6.45, 7) is 1.32. The van der Waals surface area contributed by atoms with Gasteiger partial charge < -0.3 is 20.2 Å². The van der Waals surface area contributed by atoms with E-state index in [0.717, 1.165) is 51.0 Å². The van der Waals surface area contributed by atoms with E-state index in [0.29, 0.717) is 25.6 Å². The molecule has 1 aromatic heterocycles. The maximum Gasteiger partial charge on any atom is 0.224 e. The maximum absolute atomic E-state index is 12.8. The molecule has 6 rings (SSSR count). The number of furan rings is 1. The van der Waals surface area contributed by atoms with E-state index in [9.17, 15) is 4.79 Å². The van der Waals surface area contributed by atoms with Crippen molar-refractivity contribution in [2.75, 3.05) is 0 Å². The van der Waals surface area contributed by atoms with E-state index >= 15 is 0 Å². The number of rotatable bonds is 9. The minimum absolute atomic E-state index is 0.0448. The lowest BCUT2D eigenvalue weighted by molar-refractivity contribution is -0.122. The number of carbonyl (C=O) groups is 1. The largest absolute Gasteiger partial charge is 0.489 e. The lowest BCUT2D eigenvalue weighted by Gasteiger charge is -2.14. The second-order valence-electron chi connectivity index (χ2n) is 9.86. The number of para-hydroxylation sites is 1. The summed E-state index contributed by atoms with van der Waals surface area (Å²) < 4.78 is 12.1. The lowest BCUT2D eigenvalue weighted by Crippen LogP contribution is -2.25. The topological polar surface area (TPSA) is 77.5 Å². The molecule has 0 spiro atoms. The summed E-state index contributed by atoms with van der Waals surface area (Å²) >= 11 is 0. The average molecular weight is 503 g/mol. The van der Waals surface area contributed by atoms with Crippen LogP contribution in [0.25, 0.3) is 22.1 Å². The number of amides is 1. The van der Waals surface area contributed by atoms with Crippen LogP contribution in [0.4, 0.5) is 0 Å². The van der Waals surface area contributed by atoms with Crippen molar-refractivity contribution in [3.05, 3.63) is 126 Å². The number of nitrogens with one attached hydrogen (secondary N) is 1. The van der Waals surface area contributed by atoms with Gasteiger partial charge in [0.15, 0.2) is 0 Å². The lowest BCUT2D eigenvalue weighted by atomic mass is 9.99. The second kappa shape index (κ2) is 10.6. The molecule has 0 saturated heterocycles. The zero-order valence-corrected chi connectivity index (χ0v) is 21.1. The molecule has 1 fully saturated rings. The first kappa shape index (κ1) is 24.0. The molecule has 3 N–H and O–H groups in total. The smallest absolute Gasteiger partial charge is 0.224 e. The minimum atomic E-state index is 0.0448. The molecule has 1 aliphatic carbocycles. The summed E-state index contributed by atoms with van der Waals surface area (Å²) in [5.41, 5.74) is 13.1. The number of hydrogen-bond acceptors (Lipinski definition) is 4. The van der Waals surface area contributed by atoms with Crippen LogP contribution in [0.2, 0.25) is 0 Å². The van der Waals surface area contributed by atoms with Crippen LogP contribution in [0.5, 0.6) is 5.75 Å². The normalized spacial score (nSPS) is 16.3. The van der Waals surface area contributed by atoms with Gasteiger partial charge in [0.25, 0.3) is 0 Å². The quantitative estimate of drug-likeness (QED) is 0.239. The van der Waals surface area contributed by atoms with E-state index in [1.54, 1.807) is 6.26 Å². The first-order valence-electron chi connectivity index (χ1n) is 13.0. The van der Waals surface area contributed by atoms with E-state index in [-0.39, 0.29) is 11.8 Å². The summed E-state index contributed by atoms with van der Waals surface area (Å²) in [4.78, 5) is 12.8. The minimum Gasteiger partial charge on any atom is -0.489 e. The molecule has 5 nitrogen and oxygen atoms in total. The summed E-state index contributed by atoms with van der Waals surface area (Å²) in [6, 6.07) is 32.5. The predicted octanol–water partition coefficient (Wildman–Crippen LogP) is 6.56. The van der Waals surface area contributed by atoms with Gasteiger partial charge >= 0.3 is 0 Å². The van der Waals surface area contributed by atoms with E-state index < -0.39 is 0 Å². The van der Waals surface area contributed by atoms with Gasteiger partial charge in [-0.2, -0.15) is 0 Å². The molecule has 1 heterocycles. The van der Waals surface area contributed by atoms with Crippen molar-refractivity contribution in [3.8, 4) is 16.9 Å². The Labute approximate surface area is 222 Å². The molecule has 0 unspecified atom stereocenters. The summed E-state index contributed by atoms with van der Waals surface area (Å²) in [5, 5.41) is 4.14. The van der Waals surface area contributed by atoms with Gasteiger partial charge in [-0.3, -0.25) is 4.79 Å².